The molecule has 1 atom stereocenters. The van der Waals surface area contributed by atoms with Gasteiger partial charge in [-0.05, 0) is 45.1 Å². The van der Waals surface area contributed by atoms with Gasteiger partial charge in [0.15, 0.2) is 0 Å². The Labute approximate surface area is 111 Å². The summed E-state index contributed by atoms with van der Waals surface area (Å²) in [6, 6.07) is 8.68. The number of aliphatic hydroxyl groups excluding tert-OH is 1. The Hall–Kier alpha value is -0.860. The van der Waals surface area contributed by atoms with Crippen LogP contribution in [0, 0.1) is 12.8 Å². The number of hydrogen-bond acceptors (Lipinski definition) is 2. The highest BCUT2D eigenvalue weighted by Gasteiger charge is 2.21. The van der Waals surface area contributed by atoms with E-state index in [9.17, 15) is 0 Å². The second-order valence-electron chi connectivity index (χ2n) is 5.83. The molecule has 1 rings (SSSR count). The largest absolute Gasteiger partial charge is 0.394 e. The molecule has 1 N–H and O–H groups in total. The molecule has 2 nitrogen and oxygen atoms in total. The molecule has 0 spiro atoms. The standard InChI is InChI=1S/C16H26O2/c1-13-6-5-7-15(10-13)11-14(2)12-16(3,4)18-9-8-17/h5-7,10,14,17H,8-9,11-12H2,1-4H3. The van der Waals surface area contributed by atoms with E-state index in [1.165, 1.54) is 11.1 Å². The first-order valence-corrected chi connectivity index (χ1v) is 6.73. The third kappa shape index (κ3) is 5.65. The molecule has 1 unspecified atom stereocenters. The zero-order valence-electron chi connectivity index (χ0n) is 12.1. The van der Waals surface area contributed by atoms with E-state index in [4.69, 9.17) is 9.84 Å². The van der Waals surface area contributed by atoms with E-state index < -0.39 is 0 Å². The Morgan fingerprint density at radius 1 is 1.33 bits per heavy atom. The predicted molar refractivity (Wildman–Crippen MR) is 75.8 cm³/mol. The highest BCUT2D eigenvalue weighted by Crippen LogP contribution is 2.23. The van der Waals surface area contributed by atoms with Crippen LogP contribution < -0.4 is 0 Å². The molecule has 1 aromatic rings. The zero-order valence-corrected chi connectivity index (χ0v) is 12.1. The maximum Gasteiger partial charge on any atom is 0.0704 e. The fraction of sp³-hybridized carbons (Fsp3) is 0.625. The van der Waals surface area contributed by atoms with Crippen LogP contribution in [0.3, 0.4) is 0 Å². The predicted octanol–water partition coefficient (Wildman–Crippen LogP) is 3.35. The van der Waals surface area contributed by atoms with Gasteiger partial charge in [-0.3, -0.25) is 0 Å². The van der Waals surface area contributed by atoms with Crippen LogP contribution in [-0.4, -0.2) is 23.9 Å². The second kappa shape index (κ2) is 6.91. The molecule has 1 aromatic carbocycles. The van der Waals surface area contributed by atoms with Crippen LogP contribution >= 0.6 is 0 Å². The van der Waals surface area contributed by atoms with Gasteiger partial charge in [0.25, 0.3) is 0 Å². The van der Waals surface area contributed by atoms with Gasteiger partial charge in [-0.2, -0.15) is 0 Å². The van der Waals surface area contributed by atoms with Crippen molar-refractivity contribution in [1.82, 2.24) is 0 Å². The number of aryl methyl sites for hydroxylation is 1. The zero-order chi connectivity index (χ0) is 13.6. The number of ether oxygens (including phenoxy) is 1. The first-order valence-electron chi connectivity index (χ1n) is 6.73. The molecule has 0 heterocycles. The minimum Gasteiger partial charge on any atom is -0.394 e. The van der Waals surface area contributed by atoms with Gasteiger partial charge < -0.3 is 9.84 Å². The van der Waals surface area contributed by atoms with Gasteiger partial charge in [-0.15, -0.1) is 0 Å². The van der Waals surface area contributed by atoms with Gasteiger partial charge in [-0.25, -0.2) is 0 Å². The molecule has 0 aliphatic carbocycles. The summed E-state index contributed by atoms with van der Waals surface area (Å²) in [6.07, 6.45) is 2.08. The van der Waals surface area contributed by atoms with Crippen molar-refractivity contribution in [2.45, 2.75) is 46.1 Å². The number of rotatable bonds is 7. The van der Waals surface area contributed by atoms with Crippen molar-refractivity contribution in [3.05, 3.63) is 35.4 Å². The van der Waals surface area contributed by atoms with Gasteiger partial charge >= 0.3 is 0 Å². The summed E-state index contributed by atoms with van der Waals surface area (Å²) >= 11 is 0. The molecule has 0 amide bonds. The molecule has 0 aliphatic rings. The molecule has 102 valence electrons. The van der Waals surface area contributed by atoms with Gasteiger partial charge in [0, 0.05) is 0 Å². The second-order valence-corrected chi connectivity index (χ2v) is 5.83. The summed E-state index contributed by atoms with van der Waals surface area (Å²) in [5.74, 6) is 0.570. The van der Waals surface area contributed by atoms with Crippen LogP contribution in [0.4, 0.5) is 0 Å². The lowest BCUT2D eigenvalue weighted by Crippen LogP contribution is -2.29. The van der Waals surface area contributed by atoms with E-state index in [1.54, 1.807) is 0 Å². The minimum atomic E-state index is -0.161. The summed E-state index contributed by atoms with van der Waals surface area (Å²) in [5.41, 5.74) is 2.54. The monoisotopic (exact) mass is 250 g/mol. The number of benzene rings is 1. The van der Waals surface area contributed by atoms with E-state index in [0.29, 0.717) is 12.5 Å². The third-order valence-electron chi connectivity index (χ3n) is 3.09. The highest BCUT2D eigenvalue weighted by molar-refractivity contribution is 5.22. The molecular weight excluding hydrogens is 224 g/mol. The summed E-state index contributed by atoms with van der Waals surface area (Å²) in [7, 11) is 0. The van der Waals surface area contributed by atoms with Crippen LogP contribution in [0.25, 0.3) is 0 Å². The summed E-state index contributed by atoms with van der Waals surface area (Å²) in [5, 5.41) is 8.80. The average molecular weight is 250 g/mol. The fourth-order valence-corrected chi connectivity index (χ4v) is 2.53. The van der Waals surface area contributed by atoms with E-state index in [-0.39, 0.29) is 12.2 Å². The Bertz CT molecular complexity index is 358. The molecule has 0 aliphatic heterocycles. The maximum atomic E-state index is 8.80. The van der Waals surface area contributed by atoms with Crippen LogP contribution in [0.1, 0.15) is 38.3 Å². The van der Waals surface area contributed by atoms with Crippen molar-refractivity contribution < 1.29 is 9.84 Å². The Morgan fingerprint density at radius 3 is 2.67 bits per heavy atom. The molecule has 0 radical (unpaired) electrons. The Morgan fingerprint density at radius 2 is 2.06 bits per heavy atom. The summed E-state index contributed by atoms with van der Waals surface area (Å²) < 4.78 is 5.66. The van der Waals surface area contributed by atoms with Gasteiger partial charge in [0.2, 0.25) is 0 Å². The van der Waals surface area contributed by atoms with Crippen molar-refractivity contribution in [3.8, 4) is 0 Å². The lowest BCUT2D eigenvalue weighted by atomic mass is 9.89. The van der Waals surface area contributed by atoms with Crippen molar-refractivity contribution in [2.75, 3.05) is 13.2 Å². The van der Waals surface area contributed by atoms with Crippen LogP contribution in [0.5, 0.6) is 0 Å². The lowest BCUT2D eigenvalue weighted by Gasteiger charge is -2.28. The van der Waals surface area contributed by atoms with Crippen LogP contribution in [0.2, 0.25) is 0 Å². The lowest BCUT2D eigenvalue weighted by molar-refractivity contribution is -0.0460. The van der Waals surface area contributed by atoms with E-state index >= 15 is 0 Å². The van der Waals surface area contributed by atoms with Crippen molar-refractivity contribution in [2.24, 2.45) is 5.92 Å². The molecule has 18 heavy (non-hydrogen) atoms. The fourth-order valence-electron chi connectivity index (χ4n) is 2.53. The van der Waals surface area contributed by atoms with Crippen molar-refractivity contribution in [3.63, 3.8) is 0 Å². The molecular formula is C16H26O2. The van der Waals surface area contributed by atoms with Gasteiger partial charge in [0.05, 0.1) is 18.8 Å². The van der Waals surface area contributed by atoms with Crippen molar-refractivity contribution in [1.29, 1.82) is 0 Å². The van der Waals surface area contributed by atoms with Gasteiger partial charge in [0.1, 0.15) is 0 Å². The summed E-state index contributed by atoms with van der Waals surface area (Å²) in [4.78, 5) is 0. The average Bonchev–Trinajstić information content (AvgIpc) is 2.25. The van der Waals surface area contributed by atoms with Crippen LogP contribution in [-0.2, 0) is 11.2 Å². The topological polar surface area (TPSA) is 29.5 Å². The smallest absolute Gasteiger partial charge is 0.0704 e. The Balaban J connectivity index is 2.48. The van der Waals surface area contributed by atoms with Gasteiger partial charge in [-0.1, -0.05) is 36.8 Å². The molecule has 0 saturated carbocycles. The molecule has 0 fully saturated rings. The number of aliphatic hydroxyl groups is 1. The minimum absolute atomic E-state index is 0.0929. The number of hydrogen-bond donors (Lipinski definition) is 1. The maximum absolute atomic E-state index is 8.80. The van der Waals surface area contributed by atoms with E-state index in [2.05, 4.69) is 52.0 Å². The molecule has 2 heteroatoms. The quantitative estimate of drug-likeness (QED) is 0.804. The summed E-state index contributed by atoms with van der Waals surface area (Å²) in [6.45, 7) is 9.08. The van der Waals surface area contributed by atoms with Crippen molar-refractivity contribution >= 4 is 0 Å². The SMILES string of the molecule is Cc1cccc(CC(C)CC(C)(C)OCCO)c1. The van der Waals surface area contributed by atoms with E-state index in [0.717, 1.165) is 12.8 Å². The Kier molecular flexibility index (Phi) is 5.83. The first-order chi connectivity index (χ1) is 8.43. The molecule has 0 bridgehead atoms. The first kappa shape index (κ1) is 15.2. The molecule has 0 saturated heterocycles. The third-order valence-corrected chi connectivity index (χ3v) is 3.09. The van der Waals surface area contributed by atoms with Crippen LogP contribution in [0.15, 0.2) is 24.3 Å². The normalized spacial score (nSPS) is 13.6. The highest BCUT2D eigenvalue weighted by atomic mass is 16.5. The molecule has 0 aromatic heterocycles. The van der Waals surface area contributed by atoms with E-state index in [1.807, 2.05) is 0 Å².